The van der Waals surface area contributed by atoms with Crippen molar-refractivity contribution in [1.82, 2.24) is 20.1 Å². The monoisotopic (exact) mass is 512 g/mol. The molecule has 0 saturated heterocycles. The lowest BCUT2D eigenvalue weighted by molar-refractivity contribution is -0.137. The lowest BCUT2D eigenvalue weighted by Crippen LogP contribution is -2.24. The molecule has 4 aromatic rings. The van der Waals surface area contributed by atoms with Gasteiger partial charge in [0.15, 0.2) is 11.0 Å². The van der Waals surface area contributed by atoms with Gasteiger partial charge in [0.05, 0.1) is 19.2 Å². The lowest BCUT2D eigenvalue weighted by atomic mass is 10.1. The van der Waals surface area contributed by atoms with Crippen LogP contribution in [0.3, 0.4) is 0 Å². The fourth-order valence-corrected chi connectivity index (χ4v) is 4.46. The Morgan fingerprint density at radius 2 is 1.81 bits per heavy atom. The first-order valence-electron chi connectivity index (χ1n) is 11.0. The second kappa shape index (κ2) is 10.9. The minimum atomic E-state index is -4.41. The highest BCUT2D eigenvalue weighted by Crippen LogP contribution is 2.31. The predicted octanol–water partition coefficient (Wildman–Crippen LogP) is 5.83. The van der Waals surface area contributed by atoms with E-state index in [0.29, 0.717) is 27.9 Å². The summed E-state index contributed by atoms with van der Waals surface area (Å²) in [6, 6.07) is 19.7. The summed E-state index contributed by atoms with van der Waals surface area (Å²) in [5, 5.41) is 11.9. The zero-order chi connectivity index (χ0) is 25.7. The van der Waals surface area contributed by atoms with Crippen molar-refractivity contribution in [2.75, 3.05) is 7.11 Å². The average Bonchev–Trinajstić information content (AvgIpc) is 3.28. The number of aryl methyl sites for hydroxylation is 1. The molecule has 0 aliphatic carbocycles. The average molecular weight is 513 g/mol. The van der Waals surface area contributed by atoms with Crippen LogP contribution in [-0.2, 0) is 18.5 Å². The Bertz CT molecular complexity index is 1370. The number of thioether (sulfide) groups is 1. The number of hydrogen-bond acceptors (Lipinski definition) is 5. The molecule has 10 heteroatoms. The molecule has 3 aromatic carbocycles. The Kier molecular flexibility index (Phi) is 7.64. The summed E-state index contributed by atoms with van der Waals surface area (Å²) in [6.07, 6.45) is -4.41. The van der Waals surface area contributed by atoms with Crippen LogP contribution < -0.4 is 10.1 Å². The number of aromatic nitrogens is 3. The number of alkyl halides is 3. The number of nitrogens with zero attached hydrogens (tertiary/aromatic N) is 3. The summed E-state index contributed by atoms with van der Waals surface area (Å²) in [7, 11) is 1.53. The molecule has 0 fully saturated rings. The summed E-state index contributed by atoms with van der Waals surface area (Å²) < 4.78 is 46.3. The van der Waals surface area contributed by atoms with Crippen molar-refractivity contribution in [2.24, 2.45) is 0 Å². The first-order valence-corrected chi connectivity index (χ1v) is 12.0. The van der Waals surface area contributed by atoms with Crippen LogP contribution in [0.4, 0.5) is 13.2 Å². The Morgan fingerprint density at radius 3 is 2.56 bits per heavy atom. The SMILES string of the molecule is COc1cccc(C(=O)NCc2nnc(SCc3cccc(C(F)(F)F)c3)n2-c2cccc(C)c2)c1. The van der Waals surface area contributed by atoms with Gasteiger partial charge in [-0.3, -0.25) is 9.36 Å². The molecule has 0 unspecified atom stereocenters. The molecule has 0 aliphatic rings. The minimum absolute atomic E-state index is 0.0983. The zero-order valence-corrected chi connectivity index (χ0v) is 20.4. The Hall–Kier alpha value is -3.79. The normalized spacial score (nSPS) is 11.4. The number of benzene rings is 3. The highest BCUT2D eigenvalue weighted by molar-refractivity contribution is 7.98. The van der Waals surface area contributed by atoms with Gasteiger partial charge in [0.25, 0.3) is 5.91 Å². The maximum absolute atomic E-state index is 13.1. The number of rotatable bonds is 8. The van der Waals surface area contributed by atoms with Crippen molar-refractivity contribution in [2.45, 2.75) is 30.6 Å². The van der Waals surface area contributed by atoms with E-state index in [0.717, 1.165) is 23.4 Å². The minimum Gasteiger partial charge on any atom is -0.497 e. The number of amides is 1. The van der Waals surface area contributed by atoms with Gasteiger partial charge in [-0.2, -0.15) is 13.2 Å². The summed E-state index contributed by atoms with van der Waals surface area (Å²) >= 11 is 1.27. The van der Waals surface area contributed by atoms with Gasteiger partial charge in [-0.25, -0.2) is 0 Å². The van der Waals surface area contributed by atoms with E-state index in [-0.39, 0.29) is 18.2 Å². The number of halogens is 3. The molecule has 0 spiro atoms. The summed E-state index contributed by atoms with van der Waals surface area (Å²) in [5.41, 5.74) is 2.07. The first kappa shape index (κ1) is 25.3. The van der Waals surface area contributed by atoms with E-state index < -0.39 is 11.7 Å². The molecule has 1 N–H and O–H groups in total. The smallest absolute Gasteiger partial charge is 0.416 e. The predicted molar refractivity (Wildman–Crippen MR) is 131 cm³/mol. The maximum atomic E-state index is 13.1. The quantitative estimate of drug-likeness (QED) is 0.301. The Morgan fingerprint density at radius 1 is 1.03 bits per heavy atom. The number of nitrogens with one attached hydrogen (secondary N) is 1. The van der Waals surface area contributed by atoms with Gasteiger partial charge in [0, 0.05) is 17.0 Å². The molecule has 0 aliphatic heterocycles. The van der Waals surface area contributed by atoms with Gasteiger partial charge in [0.1, 0.15) is 5.75 Å². The van der Waals surface area contributed by atoms with Gasteiger partial charge in [-0.15, -0.1) is 10.2 Å². The number of hydrogen-bond donors (Lipinski definition) is 1. The third-order valence-electron chi connectivity index (χ3n) is 5.32. The van der Waals surface area contributed by atoms with Crippen molar-refractivity contribution < 1.29 is 22.7 Å². The lowest BCUT2D eigenvalue weighted by Gasteiger charge is -2.12. The van der Waals surface area contributed by atoms with Crippen molar-refractivity contribution in [3.8, 4) is 11.4 Å². The standard InChI is InChI=1S/C26H23F3N4O2S/c1-17-6-3-10-21(12-17)33-23(15-30-24(34)19-8-5-11-22(14-19)35-2)31-32-25(33)36-16-18-7-4-9-20(13-18)26(27,28)29/h3-14H,15-16H2,1-2H3,(H,30,34). The van der Waals surface area contributed by atoms with Gasteiger partial charge >= 0.3 is 6.18 Å². The topological polar surface area (TPSA) is 69.0 Å². The van der Waals surface area contributed by atoms with E-state index in [1.807, 2.05) is 31.2 Å². The fourth-order valence-electron chi connectivity index (χ4n) is 3.55. The molecule has 1 amide bonds. The molecule has 0 saturated carbocycles. The second-order valence-corrected chi connectivity index (χ2v) is 8.92. The number of methoxy groups -OCH3 is 1. The highest BCUT2D eigenvalue weighted by atomic mass is 32.2. The van der Waals surface area contributed by atoms with Crippen LogP contribution in [0.2, 0.25) is 0 Å². The maximum Gasteiger partial charge on any atom is 0.416 e. The molecule has 1 aromatic heterocycles. The van der Waals surface area contributed by atoms with E-state index in [9.17, 15) is 18.0 Å². The van der Waals surface area contributed by atoms with Gasteiger partial charge in [-0.05, 0) is 54.4 Å². The largest absolute Gasteiger partial charge is 0.497 e. The summed E-state index contributed by atoms with van der Waals surface area (Å²) in [4.78, 5) is 12.7. The molecule has 186 valence electrons. The molecule has 6 nitrogen and oxygen atoms in total. The molecule has 4 rings (SSSR count). The molecule has 0 radical (unpaired) electrons. The van der Waals surface area contributed by atoms with Crippen molar-refractivity contribution in [3.05, 3.63) is 101 Å². The molecular weight excluding hydrogens is 489 g/mol. The first-order chi connectivity index (χ1) is 17.2. The van der Waals surface area contributed by atoms with E-state index in [4.69, 9.17) is 4.74 Å². The van der Waals surface area contributed by atoms with Crippen LogP contribution >= 0.6 is 11.8 Å². The summed E-state index contributed by atoms with van der Waals surface area (Å²) in [5.74, 6) is 1.03. The third kappa shape index (κ3) is 6.06. The Balaban J connectivity index is 1.57. The third-order valence-corrected chi connectivity index (χ3v) is 6.32. The molecule has 36 heavy (non-hydrogen) atoms. The molecule has 1 heterocycles. The number of carbonyl (C=O) groups excluding carboxylic acids is 1. The highest BCUT2D eigenvalue weighted by Gasteiger charge is 2.30. The van der Waals surface area contributed by atoms with Crippen LogP contribution in [0, 0.1) is 6.92 Å². The fraction of sp³-hybridized carbons (Fsp3) is 0.192. The van der Waals surface area contributed by atoms with Crippen LogP contribution in [0.5, 0.6) is 5.75 Å². The van der Waals surface area contributed by atoms with Gasteiger partial charge < -0.3 is 10.1 Å². The molecule has 0 bridgehead atoms. The van der Waals surface area contributed by atoms with Crippen LogP contribution in [0.25, 0.3) is 5.69 Å². The Labute approximate surface area is 210 Å². The number of carbonyl (C=O) groups is 1. The van der Waals surface area contributed by atoms with Crippen molar-refractivity contribution in [3.63, 3.8) is 0 Å². The van der Waals surface area contributed by atoms with E-state index in [1.54, 1.807) is 34.9 Å². The van der Waals surface area contributed by atoms with E-state index in [2.05, 4.69) is 15.5 Å². The van der Waals surface area contributed by atoms with Crippen LogP contribution in [-0.4, -0.2) is 27.8 Å². The van der Waals surface area contributed by atoms with Crippen molar-refractivity contribution >= 4 is 17.7 Å². The van der Waals surface area contributed by atoms with Crippen LogP contribution in [0.15, 0.2) is 78.0 Å². The van der Waals surface area contributed by atoms with Gasteiger partial charge in [0.2, 0.25) is 0 Å². The zero-order valence-electron chi connectivity index (χ0n) is 19.5. The van der Waals surface area contributed by atoms with E-state index in [1.165, 1.54) is 24.9 Å². The summed E-state index contributed by atoms with van der Waals surface area (Å²) in [6.45, 7) is 2.05. The van der Waals surface area contributed by atoms with Crippen LogP contribution in [0.1, 0.15) is 32.9 Å². The second-order valence-electron chi connectivity index (χ2n) is 7.97. The molecule has 0 atom stereocenters. The molecular formula is C26H23F3N4O2S. The number of ether oxygens (including phenoxy) is 1. The van der Waals surface area contributed by atoms with E-state index >= 15 is 0 Å². The van der Waals surface area contributed by atoms with Crippen molar-refractivity contribution in [1.29, 1.82) is 0 Å². The van der Waals surface area contributed by atoms with Gasteiger partial charge in [-0.1, -0.05) is 48.2 Å².